The van der Waals surface area contributed by atoms with Crippen LogP contribution in [0.15, 0.2) is 46.2 Å². The molecule has 0 saturated carbocycles. The summed E-state index contributed by atoms with van der Waals surface area (Å²) in [4.78, 5) is 1.38. The molecule has 0 aliphatic rings. The lowest BCUT2D eigenvalue weighted by Crippen LogP contribution is -2.22. The molecule has 20 heavy (non-hydrogen) atoms. The van der Waals surface area contributed by atoms with Crippen molar-refractivity contribution >= 4 is 22.3 Å². The van der Waals surface area contributed by atoms with Crippen LogP contribution in [0.4, 0.5) is 0 Å². The Bertz CT molecular complexity index is 684. The Hall–Kier alpha value is -1.58. The highest BCUT2D eigenvalue weighted by Gasteiger charge is 2.16. The summed E-state index contributed by atoms with van der Waals surface area (Å²) in [6.07, 6.45) is 0.976. The molecule has 1 aromatic carbocycles. The minimum atomic E-state index is 0.242. The molecule has 3 heteroatoms. The monoisotopic (exact) mass is 285 g/mol. The summed E-state index contributed by atoms with van der Waals surface area (Å²) in [6.45, 7) is 5.18. The molecule has 3 rings (SSSR count). The predicted molar refractivity (Wildman–Crippen MR) is 85.4 cm³/mol. The van der Waals surface area contributed by atoms with E-state index in [1.807, 2.05) is 0 Å². The second kappa shape index (κ2) is 5.81. The first-order valence-electron chi connectivity index (χ1n) is 7.02. The van der Waals surface area contributed by atoms with Gasteiger partial charge in [0.05, 0.1) is 6.04 Å². The fourth-order valence-electron chi connectivity index (χ4n) is 2.50. The SMILES string of the molecule is CCNC(Cc1cccs1)c1cc2cc(C)ccc2o1. The predicted octanol–water partition coefficient (Wildman–Crippen LogP) is 4.70. The number of likely N-dealkylation sites (N-methyl/N-ethyl adjacent to an activating group) is 1. The van der Waals surface area contributed by atoms with Crippen LogP contribution < -0.4 is 5.32 Å². The van der Waals surface area contributed by atoms with Crippen LogP contribution in [0.25, 0.3) is 11.0 Å². The Balaban J connectivity index is 1.92. The van der Waals surface area contributed by atoms with Gasteiger partial charge in [0, 0.05) is 16.7 Å². The highest BCUT2D eigenvalue weighted by atomic mass is 32.1. The van der Waals surface area contributed by atoms with E-state index in [2.05, 4.69) is 60.9 Å². The number of hydrogen-bond donors (Lipinski definition) is 1. The van der Waals surface area contributed by atoms with Gasteiger partial charge in [-0.3, -0.25) is 0 Å². The molecule has 1 N–H and O–H groups in total. The van der Waals surface area contributed by atoms with Gasteiger partial charge in [0.2, 0.25) is 0 Å². The fourth-order valence-corrected chi connectivity index (χ4v) is 3.26. The first-order chi connectivity index (χ1) is 9.76. The maximum atomic E-state index is 6.03. The van der Waals surface area contributed by atoms with Gasteiger partial charge in [-0.25, -0.2) is 0 Å². The number of nitrogens with one attached hydrogen (secondary N) is 1. The highest BCUT2D eigenvalue weighted by Crippen LogP contribution is 2.28. The molecule has 0 aliphatic carbocycles. The molecule has 1 unspecified atom stereocenters. The number of aryl methyl sites for hydroxylation is 1. The third-order valence-electron chi connectivity index (χ3n) is 3.47. The summed E-state index contributed by atoms with van der Waals surface area (Å²) in [5, 5.41) is 6.84. The zero-order valence-corrected chi connectivity index (χ0v) is 12.7. The van der Waals surface area contributed by atoms with Gasteiger partial charge >= 0.3 is 0 Å². The van der Waals surface area contributed by atoms with Crippen LogP contribution in [0, 0.1) is 6.92 Å². The molecular weight excluding hydrogens is 266 g/mol. The van der Waals surface area contributed by atoms with E-state index in [-0.39, 0.29) is 6.04 Å². The number of benzene rings is 1. The minimum Gasteiger partial charge on any atom is -0.459 e. The molecule has 104 valence electrons. The van der Waals surface area contributed by atoms with Gasteiger partial charge in [-0.1, -0.05) is 24.6 Å². The van der Waals surface area contributed by atoms with Crippen molar-refractivity contribution in [3.05, 3.63) is 58.0 Å². The molecule has 0 spiro atoms. The molecule has 0 fully saturated rings. The molecule has 1 atom stereocenters. The topological polar surface area (TPSA) is 25.2 Å². The molecular formula is C17H19NOS. The van der Waals surface area contributed by atoms with Crippen molar-refractivity contribution in [1.82, 2.24) is 5.32 Å². The molecule has 0 aliphatic heterocycles. The molecule has 2 nitrogen and oxygen atoms in total. The summed E-state index contributed by atoms with van der Waals surface area (Å²) >= 11 is 1.80. The zero-order valence-electron chi connectivity index (χ0n) is 11.8. The van der Waals surface area contributed by atoms with Crippen LogP contribution in [0.3, 0.4) is 0 Å². The van der Waals surface area contributed by atoms with Crippen molar-refractivity contribution < 1.29 is 4.42 Å². The van der Waals surface area contributed by atoms with Crippen molar-refractivity contribution in [3.63, 3.8) is 0 Å². The van der Waals surface area contributed by atoms with Gasteiger partial charge in [-0.2, -0.15) is 0 Å². The van der Waals surface area contributed by atoms with E-state index in [4.69, 9.17) is 4.42 Å². The smallest absolute Gasteiger partial charge is 0.134 e. The number of furan rings is 1. The second-order valence-corrected chi connectivity index (χ2v) is 6.12. The number of thiophene rings is 1. The van der Waals surface area contributed by atoms with Gasteiger partial charge < -0.3 is 9.73 Å². The molecule has 0 saturated heterocycles. The van der Waals surface area contributed by atoms with Crippen molar-refractivity contribution in [2.24, 2.45) is 0 Å². The minimum absolute atomic E-state index is 0.242. The van der Waals surface area contributed by atoms with Crippen LogP contribution in [0.5, 0.6) is 0 Å². The average molecular weight is 285 g/mol. The Morgan fingerprint density at radius 1 is 1.25 bits per heavy atom. The first-order valence-corrected chi connectivity index (χ1v) is 7.90. The maximum absolute atomic E-state index is 6.03. The van der Waals surface area contributed by atoms with E-state index in [0.29, 0.717) is 0 Å². The number of fused-ring (bicyclic) bond motifs is 1. The van der Waals surface area contributed by atoms with E-state index in [1.165, 1.54) is 15.8 Å². The first kappa shape index (κ1) is 13.4. The maximum Gasteiger partial charge on any atom is 0.134 e. The average Bonchev–Trinajstić information content (AvgIpc) is 3.06. The molecule has 2 heterocycles. The molecule has 0 radical (unpaired) electrons. The van der Waals surface area contributed by atoms with Crippen LogP contribution in [-0.4, -0.2) is 6.54 Å². The van der Waals surface area contributed by atoms with Crippen molar-refractivity contribution in [3.8, 4) is 0 Å². The van der Waals surface area contributed by atoms with Gasteiger partial charge in [-0.05, 0) is 43.1 Å². The lowest BCUT2D eigenvalue weighted by molar-refractivity contribution is 0.436. The molecule has 0 bridgehead atoms. The Labute approximate surface area is 123 Å². The zero-order chi connectivity index (χ0) is 13.9. The van der Waals surface area contributed by atoms with E-state index in [9.17, 15) is 0 Å². The Kier molecular flexibility index (Phi) is 3.90. The Morgan fingerprint density at radius 3 is 2.90 bits per heavy atom. The lowest BCUT2D eigenvalue weighted by atomic mass is 10.1. The lowest BCUT2D eigenvalue weighted by Gasteiger charge is -2.14. The quantitative estimate of drug-likeness (QED) is 0.735. The molecule has 0 amide bonds. The van der Waals surface area contributed by atoms with Gasteiger partial charge in [0.1, 0.15) is 11.3 Å². The van der Waals surface area contributed by atoms with Crippen LogP contribution in [0.2, 0.25) is 0 Å². The highest BCUT2D eigenvalue weighted by molar-refractivity contribution is 7.09. The summed E-state index contributed by atoms with van der Waals surface area (Å²) in [5.41, 5.74) is 2.24. The van der Waals surface area contributed by atoms with Gasteiger partial charge in [0.25, 0.3) is 0 Å². The van der Waals surface area contributed by atoms with Crippen LogP contribution in [0.1, 0.15) is 29.2 Å². The van der Waals surface area contributed by atoms with Crippen LogP contribution >= 0.6 is 11.3 Å². The third-order valence-corrected chi connectivity index (χ3v) is 4.37. The normalized spacial score (nSPS) is 12.9. The summed E-state index contributed by atoms with van der Waals surface area (Å²) in [7, 11) is 0. The Morgan fingerprint density at radius 2 is 2.15 bits per heavy atom. The summed E-state index contributed by atoms with van der Waals surface area (Å²) < 4.78 is 6.03. The molecule has 2 aromatic heterocycles. The number of hydrogen-bond acceptors (Lipinski definition) is 3. The summed E-state index contributed by atoms with van der Waals surface area (Å²) in [6, 6.07) is 13.0. The van der Waals surface area contributed by atoms with Gasteiger partial charge in [-0.15, -0.1) is 11.3 Å². The summed E-state index contributed by atoms with van der Waals surface area (Å²) in [5.74, 6) is 1.03. The third kappa shape index (κ3) is 2.79. The van der Waals surface area contributed by atoms with E-state index >= 15 is 0 Å². The van der Waals surface area contributed by atoms with Crippen molar-refractivity contribution in [2.75, 3.05) is 6.54 Å². The van der Waals surface area contributed by atoms with E-state index in [0.717, 1.165) is 24.3 Å². The second-order valence-electron chi connectivity index (χ2n) is 5.08. The standard InChI is InChI=1S/C17H19NOS/c1-3-18-15(11-14-5-4-8-20-14)17-10-13-9-12(2)6-7-16(13)19-17/h4-10,15,18H,3,11H2,1-2H3. The van der Waals surface area contributed by atoms with Gasteiger partial charge in [0.15, 0.2) is 0 Å². The number of rotatable bonds is 5. The van der Waals surface area contributed by atoms with Crippen molar-refractivity contribution in [1.29, 1.82) is 0 Å². The largest absolute Gasteiger partial charge is 0.459 e. The fraction of sp³-hybridized carbons (Fsp3) is 0.294. The van der Waals surface area contributed by atoms with Crippen molar-refractivity contribution in [2.45, 2.75) is 26.3 Å². The van der Waals surface area contributed by atoms with E-state index in [1.54, 1.807) is 11.3 Å². The molecule has 3 aromatic rings. The van der Waals surface area contributed by atoms with Crippen LogP contribution in [-0.2, 0) is 6.42 Å². The van der Waals surface area contributed by atoms with E-state index < -0.39 is 0 Å².